The molecular weight excluding hydrogens is 457 g/mol. The van der Waals surface area contributed by atoms with E-state index in [-0.39, 0.29) is 23.0 Å². The molecule has 2 aromatic rings. The SMILES string of the molecule is Cc1cc(C#N)cnc1C(=O)Nc1ccc(F)c([C@@]2(C)N=C(N)C(C)(C)S3(O)NCCC[C@H]23)n1. The first-order valence-corrected chi connectivity index (χ1v) is 12.6. The molecule has 180 valence electrons. The van der Waals surface area contributed by atoms with Crippen molar-refractivity contribution in [3.05, 3.63) is 52.7 Å². The number of hydrogen-bond donors (Lipinski definition) is 4. The summed E-state index contributed by atoms with van der Waals surface area (Å²) < 4.78 is 29.4. The van der Waals surface area contributed by atoms with Crippen molar-refractivity contribution < 1.29 is 13.7 Å². The predicted octanol–water partition coefficient (Wildman–Crippen LogP) is 3.36. The molecule has 1 fully saturated rings. The highest BCUT2D eigenvalue weighted by Gasteiger charge is 2.60. The number of hydrogen-bond acceptors (Lipinski definition) is 8. The minimum atomic E-state index is -2.51. The van der Waals surface area contributed by atoms with Crippen LogP contribution in [0.15, 0.2) is 29.4 Å². The minimum Gasteiger partial charge on any atom is -0.386 e. The van der Waals surface area contributed by atoms with Gasteiger partial charge in [0.1, 0.15) is 40.5 Å². The molecule has 0 saturated carbocycles. The fraction of sp³-hybridized carbons (Fsp3) is 0.435. The van der Waals surface area contributed by atoms with Crippen molar-refractivity contribution in [2.75, 3.05) is 11.9 Å². The normalized spacial score (nSPS) is 29.7. The number of amidine groups is 1. The predicted molar refractivity (Wildman–Crippen MR) is 130 cm³/mol. The van der Waals surface area contributed by atoms with E-state index in [9.17, 15) is 9.35 Å². The summed E-state index contributed by atoms with van der Waals surface area (Å²) in [6.07, 6.45) is 2.73. The van der Waals surface area contributed by atoms with Crippen LogP contribution in [-0.2, 0) is 5.54 Å². The number of fused-ring (bicyclic) bond motifs is 1. The second-order valence-corrected chi connectivity index (χ2v) is 12.4. The molecule has 1 amide bonds. The molecule has 1 saturated heterocycles. The van der Waals surface area contributed by atoms with Gasteiger partial charge in [0.15, 0.2) is 0 Å². The number of nitrogens with zero attached hydrogens (tertiary/aromatic N) is 4. The lowest BCUT2D eigenvalue weighted by Gasteiger charge is -2.61. The fourth-order valence-electron chi connectivity index (χ4n) is 4.67. The van der Waals surface area contributed by atoms with E-state index in [2.05, 4.69) is 20.0 Å². The largest absolute Gasteiger partial charge is 0.386 e. The molecule has 0 aliphatic carbocycles. The Morgan fingerprint density at radius 2 is 2.15 bits per heavy atom. The minimum absolute atomic E-state index is 0.00730. The van der Waals surface area contributed by atoms with Gasteiger partial charge in [0, 0.05) is 12.7 Å². The fourth-order valence-corrected chi connectivity index (χ4v) is 8.10. The second-order valence-electron chi connectivity index (χ2n) is 9.29. The highest BCUT2D eigenvalue weighted by molar-refractivity contribution is 8.29. The number of aryl methyl sites for hydroxylation is 1. The topological polar surface area (TPSA) is 149 Å². The molecule has 3 atom stereocenters. The quantitative estimate of drug-likeness (QED) is 0.521. The Balaban J connectivity index is 1.74. The third-order valence-corrected chi connectivity index (χ3v) is 10.7. The highest BCUT2D eigenvalue weighted by Crippen LogP contribution is 2.66. The summed E-state index contributed by atoms with van der Waals surface area (Å²) in [7, 11) is -2.51. The van der Waals surface area contributed by atoms with E-state index in [1.165, 1.54) is 18.3 Å². The van der Waals surface area contributed by atoms with Gasteiger partial charge in [-0.15, -0.1) is 0 Å². The van der Waals surface area contributed by atoms with Crippen LogP contribution < -0.4 is 15.8 Å². The maximum absolute atomic E-state index is 15.2. The Labute approximate surface area is 199 Å². The Bertz CT molecular complexity index is 1240. The van der Waals surface area contributed by atoms with Crippen LogP contribution >= 0.6 is 10.5 Å². The molecule has 0 radical (unpaired) electrons. The zero-order valence-corrected chi connectivity index (χ0v) is 20.3. The standard InChI is InChI=1S/C23H28FN7O2S/c1-13-10-14(11-25)12-27-18(13)20(32)30-17-8-7-15(24)19(29-17)23(4)16-6-5-9-28-34(16,33)22(2,3)21(26)31-23/h7-8,10,12,16,28,33H,5-6,9H2,1-4H3,(H2,26,31)(H,29,30,32)/t16-,23+/m1/s1. The van der Waals surface area contributed by atoms with Crippen LogP contribution in [0.1, 0.15) is 60.9 Å². The van der Waals surface area contributed by atoms with Gasteiger partial charge in [0.25, 0.3) is 5.91 Å². The Morgan fingerprint density at radius 1 is 1.41 bits per heavy atom. The van der Waals surface area contributed by atoms with Crippen molar-refractivity contribution in [3.8, 4) is 6.07 Å². The summed E-state index contributed by atoms with van der Waals surface area (Å²) in [5.41, 5.74) is 6.10. The number of aliphatic imine (C=N–C) groups is 1. The van der Waals surface area contributed by atoms with Gasteiger partial charge in [-0.25, -0.2) is 14.4 Å². The number of nitriles is 1. The molecule has 2 aromatic heterocycles. The molecular formula is C23H28FN7O2S. The van der Waals surface area contributed by atoms with E-state index in [4.69, 9.17) is 16.0 Å². The number of nitrogens with one attached hydrogen (secondary N) is 2. The maximum Gasteiger partial charge on any atom is 0.275 e. The molecule has 0 spiro atoms. The van der Waals surface area contributed by atoms with E-state index < -0.39 is 37.8 Å². The third kappa shape index (κ3) is 3.62. The summed E-state index contributed by atoms with van der Waals surface area (Å²) in [5, 5.41) is 11.2. The summed E-state index contributed by atoms with van der Waals surface area (Å²) in [5.74, 6) is -0.788. The van der Waals surface area contributed by atoms with Crippen LogP contribution in [0.25, 0.3) is 0 Å². The van der Waals surface area contributed by atoms with Gasteiger partial charge in [-0.1, -0.05) is 10.5 Å². The van der Waals surface area contributed by atoms with Gasteiger partial charge in [-0.05, 0) is 64.3 Å². The Morgan fingerprint density at radius 3 is 2.82 bits per heavy atom. The van der Waals surface area contributed by atoms with E-state index in [1.807, 2.05) is 19.9 Å². The maximum atomic E-state index is 15.2. The molecule has 5 N–H and O–H groups in total. The van der Waals surface area contributed by atoms with Gasteiger partial charge in [-0.2, -0.15) is 5.26 Å². The first kappa shape index (κ1) is 24.1. The number of aromatic nitrogens is 2. The number of halogens is 1. The smallest absolute Gasteiger partial charge is 0.275 e. The van der Waals surface area contributed by atoms with Gasteiger partial charge in [-0.3, -0.25) is 14.5 Å². The van der Waals surface area contributed by atoms with Crippen LogP contribution in [0.2, 0.25) is 0 Å². The molecule has 0 aromatic carbocycles. The van der Waals surface area contributed by atoms with Crippen LogP contribution in [0.4, 0.5) is 10.2 Å². The molecule has 1 unspecified atom stereocenters. The number of nitrogens with two attached hydrogens (primary N) is 1. The van der Waals surface area contributed by atoms with Crippen LogP contribution in [-0.4, -0.2) is 42.8 Å². The number of pyridine rings is 2. The summed E-state index contributed by atoms with van der Waals surface area (Å²) >= 11 is 0. The zero-order chi connectivity index (χ0) is 24.9. The number of carbonyl (C=O) groups is 1. The summed E-state index contributed by atoms with van der Waals surface area (Å²) in [6.45, 7) is 7.74. The first-order valence-electron chi connectivity index (χ1n) is 10.9. The van der Waals surface area contributed by atoms with Crippen LogP contribution in [0, 0.1) is 24.1 Å². The molecule has 2 aliphatic heterocycles. The molecule has 2 aliphatic rings. The lowest BCUT2D eigenvalue weighted by Crippen LogP contribution is -2.62. The Kier molecular flexibility index (Phi) is 5.88. The van der Waals surface area contributed by atoms with Crippen molar-refractivity contribution in [1.82, 2.24) is 14.7 Å². The van der Waals surface area contributed by atoms with Crippen molar-refractivity contribution in [2.24, 2.45) is 10.7 Å². The molecule has 4 heterocycles. The Hall–Kier alpha value is -3.07. The monoisotopic (exact) mass is 485 g/mol. The first-order chi connectivity index (χ1) is 15.9. The lowest BCUT2D eigenvalue weighted by atomic mass is 9.89. The van der Waals surface area contributed by atoms with Crippen LogP contribution in [0.5, 0.6) is 0 Å². The number of amides is 1. The van der Waals surface area contributed by atoms with E-state index in [1.54, 1.807) is 19.9 Å². The number of rotatable bonds is 3. The average molecular weight is 486 g/mol. The molecule has 34 heavy (non-hydrogen) atoms. The zero-order valence-electron chi connectivity index (χ0n) is 19.5. The molecule has 4 rings (SSSR count). The molecule has 0 bridgehead atoms. The van der Waals surface area contributed by atoms with Gasteiger partial charge < -0.3 is 15.6 Å². The number of carbonyl (C=O) groups excluding carboxylic acids is 1. The summed E-state index contributed by atoms with van der Waals surface area (Å²) in [6, 6.07) is 6.12. The van der Waals surface area contributed by atoms with E-state index >= 15 is 4.39 Å². The molecule has 9 nitrogen and oxygen atoms in total. The van der Waals surface area contributed by atoms with E-state index in [0.717, 1.165) is 6.42 Å². The van der Waals surface area contributed by atoms with Crippen molar-refractivity contribution in [2.45, 2.75) is 56.1 Å². The second kappa shape index (κ2) is 8.30. The van der Waals surface area contributed by atoms with Crippen molar-refractivity contribution >= 4 is 28.1 Å². The average Bonchev–Trinajstić information content (AvgIpc) is 2.79. The highest BCUT2D eigenvalue weighted by atomic mass is 32.3. The van der Waals surface area contributed by atoms with Gasteiger partial charge in [0.05, 0.1) is 15.6 Å². The van der Waals surface area contributed by atoms with E-state index in [0.29, 0.717) is 24.1 Å². The summed E-state index contributed by atoms with van der Waals surface area (Å²) in [4.78, 5) is 26.0. The number of anilines is 1. The lowest BCUT2D eigenvalue weighted by molar-refractivity contribution is 0.102. The van der Waals surface area contributed by atoms with Gasteiger partial charge in [0.2, 0.25) is 0 Å². The van der Waals surface area contributed by atoms with Crippen molar-refractivity contribution in [3.63, 3.8) is 0 Å². The van der Waals surface area contributed by atoms with Crippen LogP contribution in [0.3, 0.4) is 0 Å². The third-order valence-electron chi connectivity index (χ3n) is 6.74. The molecule has 11 heteroatoms. The van der Waals surface area contributed by atoms with Gasteiger partial charge >= 0.3 is 0 Å². The van der Waals surface area contributed by atoms with Crippen molar-refractivity contribution in [1.29, 1.82) is 5.26 Å².